The SMILES string of the molecule is CC#Cc1ccc2cnc(C(=O)N[C@@H]3C[C@H]4CCN(C4)C3)cn12. The van der Waals surface area contributed by atoms with Crippen molar-refractivity contribution in [2.45, 2.75) is 25.8 Å². The van der Waals surface area contributed by atoms with Crippen LogP contribution in [0, 0.1) is 17.8 Å². The molecule has 1 amide bonds. The molecule has 4 rings (SSSR count). The predicted molar refractivity (Wildman–Crippen MR) is 88.2 cm³/mol. The third kappa shape index (κ3) is 2.71. The van der Waals surface area contributed by atoms with Gasteiger partial charge in [-0.05, 0) is 50.3 Å². The summed E-state index contributed by atoms with van der Waals surface area (Å²) in [7, 11) is 0. The Bertz CT molecular complexity index is 801. The fourth-order valence-electron chi connectivity index (χ4n) is 3.78. The predicted octanol–water partition coefficient (Wildman–Crippen LogP) is 1.53. The van der Waals surface area contributed by atoms with Crippen molar-refractivity contribution >= 4 is 11.4 Å². The molecule has 2 aliphatic heterocycles. The number of amides is 1. The molecule has 2 bridgehead atoms. The fraction of sp³-hybridized carbons (Fsp3) is 0.444. The van der Waals surface area contributed by atoms with Crippen LogP contribution in [0.2, 0.25) is 0 Å². The van der Waals surface area contributed by atoms with Gasteiger partial charge in [-0.15, -0.1) is 0 Å². The Morgan fingerprint density at radius 3 is 3.13 bits per heavy atom. The molecule has 0 spiro atoms. The van der Waals surface area contributed by atoms with Gasteiger partial charge in [0.25, 0.3) is 5.91 Å². The van der Waals surface area contributed by atoms with Crippen LogP contribution >= 0.6 is 0 Å². The molecule has 1 unspecified atom stereocenters. The Balaban J connectivity index is 1.54. The van der Waals surface area contributed by atoms with Crippen LogP contribution in [0.3, 0.4) is 0 Å². The first-order valence-electron chi connectivity index (χ1n) is 8.16. The Morgan fingerprint density at radius 1 is 1.39 bits per heavy atom. The van der Waals surface area contributed by atoms with Gasteiger partial charge < -0.3 is 14.6 Å². The molecular formula is C18H20N4O. The van der Waals surface area contributed by atoms with Crippen LogP contribution in [0.5, 0.6) is 0 Å². The maximum Gasteiger partial charge on any atom is 0.271 e. The Morgan fingerprint density at radius 2 is 2.30 bits per heavy atom. The average molecular weight is 308 g/mol. The van der Waals surface area contributed by atoms with Crippen molar-refractivity contribution in [1.29, 1.82) is 0 Å². The number of piperidine rings is 1. The van der Waals surface area contributed by atoms with Gasteiger partial charge in [-0.25, -0.2) is 4.98 Å². The highest BCUT2D eigenvalue weighted by atomic mass is 16.2. The standard InChI is InChI=1S/C18H20N4O/c1-2-3-15-4-5-16-9-19-17(12-22(15)16)18(23)20-14-8-13-6-7-21(10-13)11-14/h4-5,9,12-14H,6-8,10-11H2,1H3,(H,20,23)/t13-,14-/m1/s1. The molecular weight excluding hydrogens is 288 g/mol. The molecule has 5 nitrogen and oxygen atoms in total. The lowest BCUT2D eigenvalue weighted by Crippen LogP contribution is -2.47. The topological polar surface area (TPSA) is 49.6 Å². The van der Waals surface area contributed by atoms with Crippen LogP contribution in [0.4, 0.5) is 0 Å². The number of fused-ring (bicyclic) bond motifs is 3. The van der Waals surface area contributed by atoms with E-state index in [1.807, 2.05) is 16.5 Å². The second-order valence-corrected chi connectivity index (χ2v) is 6.48. The van der Waals surface area contributed by atoms with Gasteiger partial charge in [-0.1, -0.05) is 5.92 Å². The lowest BCUT2D eigenvalue weighted by Gasteiger charge is -2.30. The zero-order valence-electron chi connectivity index (χ0n) is 13.2. The van der Waals surface area contributed by atoms with Gasteiger partial charge in [0.15, 0.2) is 0 Å². The average Bonchev–Trinajstić information content (AvgIpc) is 3.10. The number of hydrogen-bond acceptors (Lipinski definition) is 3. The van der Waals surface area contributed by atoms with Crippen LogP contribution in [0.15, 0.2) is 24.5 Å². The van der Waals surface area contributed by atoms with E-state index in [1.54, 1.807) is 19.3 Å². The normalized spacial score (nSPS) is 25.9. The molecule has 118 valence electrons. The molecule has 0 aromatic carbocycles. The van der Waals surface area contributed by atoms with Gasteiger partial charge in [0.1, 0.15) is 5.69 Å². The minimum Gasteiger partial charge on any atom is -0.347 e. The molecule has 4 heterocycles. The van der Waals surface area contributed by atoms with Crippen molar-refractivity contribution in [1.82, 2.24) is 19.6 Å². The van der Waals surface area contributed by atoms with Gasteiger partial charge >= 0.3 is 0 Å². The highest BCUT2D eigenvalue weighted by molar-refractivity contribution is 5.92. The smallest absolute Gasteiger partial charge is 0.271 e. The summed E-state index contributed by atoms with van der Waals surface area (Å²) in [6, 6.07) is 4.14. The van der Waals surface area contributed by atoms with Crippen LogP contribution in [0.25, 0.3) is 5.52 Å². The third-order valence-electron chi connectivity index (χ3n) is 4.82. The molecule has 5 heteroatoms. The van der Waals surface area contributed by atoms with Gasteiger partial charge in [0.05, 0.1) is 17.4 Å². The highest BCUT2D eigenvalue weighted by Crippen LogP contribution is 2.26. The van der Waals surface area contributed by atoms with Gasteiger partial charge in [-0.3, -0.25) is 4.79 Å². The second-order valence-electron chi connectivity index (χ2n) is 6.48. The molecule has 0 saturated carbocycles. The summed E-state index contributed by atoms with van der Waals surface area (Å²) in [6.45, 7) is 5.13. The quantitative estimate of drug-likeness (QED) is 0.856. The Kier molecular flexibility index (Phi) is 3.55. The Hall–Kier alpha value is -2.32. The molecule has 2 fully saturated rings. The van der Waals surface area contributed by atoms with E-state index in [1.165, 1.54) is 19.5 Å². The van der Waals surface area contributed by atoms with Crippen molar-refractivity contribution in [3.05, 3.63) is 35.9 Å². The molecule has 1 N–H and O–H groups in total. The molecule has 0 aliphatic carbocycles. The van der Waals surface area contributed by atoms with E-state index in [0.717, 1.165) is 30.1 Å². The minimum atomic E-state index is -0.0940. The van der Waals surface area contributed by atoms with Gasteiger partial charge in [-0.2, -0.15) is 0 Å². The number of carbonyl (C=O) groups excluding carboxylic acids is 1. The van der Waals surface area contributed by atoms with Crippen molar-refractivity contribution < 1.29 is 4.79 Å². The van der Waals surface area contributed by atoms with Crippen molar-refractivity contribution in [2.24, 2.45) is 5.92 Å². The largest absolute Gasteiger partial charge is 0.347 e. The van der Waals surface area contributed by atoms with Crippen molar-refractivity contribution in [3.8, 4) is 11.8 Å². The molecule has 2 aromatic rings. The highest BCUT2D eigenvalue weighted by Gasteiger charge is 2.33. The molecule has 2 saturated heterocycles. The maximum absolute atomic E-state index is 12.5. The summed E-state index contributed by atoms with van der Waals surface area (Å²) in [6.07, 6.45) is 5.85. The summed E-state index contributed by atoms with van der Waals surface area (Å²) in [5.41, 5.74) is 2.27. The van der Waals surface area contributed by atoms with Gasteiger partial charge in [0.2, 0.25) is 0 Å². The molecule has 0 radical (unpaired) electrons. The number of hydrogen-bond donors (Lipinski definition) is 1. The number of rotatable bonds is 2. The maximum atomic E-state index is 12.5. The van der Waals surface area contributed by atoms with Crippen molar-refractivity contribution in [3.63, 3.8) is 0 Å². The van der Waals surface area contributed by atoms with E-state index in [0.29, 0.717) is 5.69 Å². The van der Waals surface area contributed by atoms with Crippen molar-refractivity contribution in [2.75, 3.05) is 19.6 Å². The summed E-state index contributed by atoms with van der Waals surface area (Å²) < 4.78 is 1.92. The van der Waals surface area contributed by atoms with E-state index in [4.69, 9.17) is 0 Å². The zero-order chi connectivity index (χ0) is 15.8. The lowest BCUT2D eigenvalue weighted by atomic mass is 9.97. The third-order valence-corrected chi connectivity index (χ3v) is 4.82. The first-order valence-corrected chi connectivity index (χ1v) is 8.16. The van der Waals surface area contributed by atoms with E-state index in [-0.39, 0.29) is 11.9 Å². The van der Waals surface area contributed by atoms with Crippen LogP contribution in [-0.4, -0.2) is 45.9 Å². The zero-order valence-corrected chi connectivity index (χ0v) is 13.2. The molecule has 2 aromatic heterocycles. The number of nitrogens with zero attached hydrogens (tertiary/aromatic N) is 3. The lowest BCUT2D eigenvalue weighted by molar-refractivity contribution is 0.0904. The number of aromatic nitrogens is 2. The minimum absolute atomic E-state index is 0.0940. The second kappa shape index (κ2) is 5.71. The summed E-state index contributed by atoms with van der Waals surface area (Å²) in [5, 5.41) is 3.15. The summed E-state index contributed by atoms with van der Waals surface area (Å²) in [5.74, 6) is 6.58. The monoisotopic (exact) mass is 308 g/mol. The molecule has 23 heavy (non-hydrogen) atoms. The van der Waals surface area contributed by atoms with Crippen LogP contribution in [-0.2, 0) is 0 Å². The number of carbonyl (C=O) groups is 1. The summed E-state index contributed by atoms with van der Waals surface area (Å²) in [4.78, 5) is 19.3. The molecule has 2 aliphatic rings. The van der Waals surface area contributed by atoms with Crippen LogP contribution < -0.4 is 5.32 Å². The van der Waals surface area contributed by atoms with E-state index >= 15 is 0 Å². The molecule has 3 atom stereocenters. The van der Waals surface area contributed by atoms with Crippen LogP contribution in [0.1, 0.15) is 35.9 Å². The van der Waals surface area contributed by atoms with E-state index in [2.05, 4.69) is 27.0 Å². The first kappa shape index (κ1) is 14.3. The van der Waals surface area contributed by atoms with E-state index in [9.17, 15) is 4.79 Å². The summed E-state index contributed by atoms with van der Waals surface area (Å²) >= 11 is 0. The fourth-order valence-corrected chi connectivity index (χ4v) is 3.78. The van der Waals surface area contributed by atoms with E-state index < -0.39 is 0 Å². The first-order chi connectivity index (χ1) is 11.2. The van der Waals surface area contributed by atoms with Gasteiger partial charge in [0, 0.05) is 25.3 Å². The number of nitrogens with one attached hydrogen (secondary N) is 1. The Labute approximate surface area is 135 Å².